The van der Waals surface area contributed by atoms with E-state index >= 15 is 0 Å². The number of carbonyl (C=O) groups excluding carboxylic acids is 1. The van der Waals surface area contributed by atoms with Crippen molar-refractivity contribution in [3.63, 3.8) is 0 Å². The highest BCUT2D eigenvalue weighted by Crippen LogP contribution is 2.09. The maximum atomic E-state index is 13.4. The van der Waals surface area contributed by atoms with Crippen molar-refractivity contribution in [3.8, 4) is 0 Å². The van der Waals surface area contributed by atoms with E-state index < -0.39 is 5.82 Å². The van der Waals surface area contributed by atoms with Crippen molar-refractivity contribution in [1.29, 1.82) is 0 Å². The van der Waals surface area contributed by atoms with Gasteiger partial charge in [0.2, 0.25) is 5.91 Å². The molecule has 4 N–H and O–H groups in total. The standard InChI is InChI=1S/C13H19FN4O2/c1-3-18(2)12(19)8-16-7-9-4-10(13(15)17-20)6-11(14)5-9/h4-6,16,20H,3,7-8H2,1-2H3,(H2,15,17). The van der Waals surface area contributed by atoms with Crippen LogP contribution in [0.25, 0.3) is 0 Å². The molecular formula is C13H19FN4O2. The summed E-state index contributed by atoms with van der Waals surface area (Å²) in [5.74, 6) is -0.684. The molecule has 110 valence electrons. The number of likely N-dealkylation sites (N-methyl/N-ethyl adjacent to an activating group) is 1. The Morgan fingerprint density at radius 3 is 2.80 bits per heavy atom. The normalized spacial score (nSPS) is 11.4. The van der Waals surface area contributed by atoms with E-state index in [1.165, 1.54) is 12.1 Å². The number of oxime groups is 1. The SMILES string of the molecule is CCN(C)C(=O)CNCc1cc(F)cc(/C(N)=N/O)c1. The summed E-state index contributed by atoms with van der Waals surface area (Å²) in [7, 11) is 1.71. The first-order chi connectivity index (χ1) is 9.47. The summed E-state index contributed by atoms with van der Waals surface area (Å²) in [6, 6.07) is 4.10. The summed E-state index contributed by atoms with van der Waals surface area (Å²) < 4.78 is 13.4. The Hall–Kier alpha value is -2.15. The van der Waals surface area contributed by atoms with Gasteiger partial charge in [-0.2, -0.15) is 0 Å². The van der Waals surface area contributed by atoms with Gasteiger partial charge in [0.1, 0.15) is 5.82 Å². The summed E-state index contributed by atoms with van der Waals surface area (Å²) in [6.45, 7) is 2.99. The predicted molar refractivity (Wildman–Crippen MR) is 73.9 cm³/mol. The number of carbonyl (C=O) groups is 1. The smallest absolute Gasteiger partial charge is 0.236 e. The highest BCUT2D eigenvalue weighted by molar-refractivity contribution is 5.97. The Morgan fingerprint density at radius 1 is 1.50 bits per heavy atom. The fourth-order valence-corrected chi connectivity index (χ4v) is 1.58. The van der Waals surface area contributed by atoms with Gasteiger partial charge in [0, 0.05) is 25.7 Å². The molecule has 0 aliphatic carbocycles. The average molecular weight is 282 g/mol. The van der Waals surface area contributed by atoms with E-state index in [0.717, 1.165) is 0 Å². The molecule has 0 atom stereocenters. The van der Waals surface area contributed by atoms with Gasteiger partial charge in [0.05, 0.1) is 6.54 Å². The van der Waals surface area contributed by atoms with Gasteiger partial charge >= 0.3 is 0 Å². The molecule has 0 spiro atoms. The second-order valence-electron chi connectivity index (χ2n) is 4.34. The molecule has 0 heterocycles. The molecule has 20 heavy (non-hydrogen) atoms. The zero-order chi connectivity index (χ0) is 15.1. The summed E-state index contributed by atoms with van der Waals surface area (Å²) in [4.78, 5) is 13.2. The van der Waals surface area contributed by atoms with Crippen molar-refractivity contribution >= 4 is 11.7 Å². The molecule has 6 nitrogen and oxygen atoms in total. The van der Waals surface area contributed by atoms with Crippen molar-refractivity contribution in [2.24, 2.45) is 10.9 Å². The highest BCUT2D eigenvalue weighted by atomic mass is 19.1. The molecule has 0 saturated carbocycles. The van der Waals surface area contributed by atoms with Crippen molar-refractivity contribution < 1.29 is 14.4 Å². The van der Waals surface area contributed by atoms with Gasteiger partial charge < -0.3 is 21.2 Å². The van der Waals surface area contributed by atoms with E-state index in [2.05, 4.69) is 10.5 Å². The molecule has 7 heteroatoms. The number of halogens is 1. The molecule has 0 aliphatic heterocycles. The molecule has 0 aromatic heterocycles. The number of amides is 1. The summed E-state index contributed by atoms with van der Waals surface area (Å²) >= 11 is 0. The lowest BCUT2D eigenvalue weighted by Gasteiger charge is -2.14. The lowest BCUT2D eigenvalue weighted by molar-refractivity contribution is -0.128. The molecule has 1 amide bonds. The zero-order valence-electron chi connectivity index (χ0n) is 11.6. The largest absolute Gasteiger partial charge is 0.409 e. The number of rotatable bonds is 6. The summed E-state index contributed by atoms with van der Waals surface area (Å²) in [5, 5.41) is 14.3. The van der Waals surface area contributed by atoms with Crippen LogP contribution in [0.1, 0.15) is 18.1 Å². The van der Waals surface area contributed by atoms with Crippen LogP contribution in [0, 0.1) is 5.82 Å². The van der Waals surface area contributed by atoms with Crippen LogP contribution < -0.4 is 11.1 Å². The molecule has 0 unspecified atom stereocenters. The third kappa shape index (κ3) is 4.51. The van der Waals surface area contributed by atoms with E-state index in [1.54, 1.807) is 18.0 Å². The first-order valence-corrected chi connectivity index (χ1v) is 6.20. The van der Waals surface area contributed by atoms with E-state index in [0.29, 0.717) is 24.2 Å². The van der Waals surface area contributed by atoms with Gasteiger partial charge in [0.15, 0.2) is 5.84 Å². The van der Waals surface area contributed by atoms with Crippen molar-refractivity contribution in [1.82, 2.24) is 10.2 Å². The fourth-order valence-electron chi connectivity index (χ4n) is 1.58. The Kier molecular flexibility index (Phi) is 5.92. The number of benzene rings is 1. The van der Waals surface area contributed by atoms with Gasteiger partial charge in [-0.25, -0.2) is 4.39 Å². The van der Waals surface area contributed by atoms with Crippen LogP contribution in [-0.4, -0.2) is 42.0 Å². The molecule has 0 fully saturated rings. The highest BCUT2D eigenvalue weighted by Gasteiger charge is 2.07. The molecule has 1 aromatic rings. The second kappa shape index (κ2) is 7.44. The fraction of sp³-hybridized carbons (Fsp3) is 0.385. The Bertz CT molecular complexity index is 505. The van der Waals surface area contributed by atoms with Gasteiger partial charge in [-0.1, -0.05) is 5.16 Å². The summed E-state index contributed by atoms with van der Waals surface area (Å²) in [5.41, 5.74) is 6.32. The third-order valence-corrected chi connectivity index (χ3v) is 2.87. The molecule has 0 bridgehead atoms. The number of nitrogens with zero attached hydrogens (tertiary/aromatic N) is 2. The van der Waals surface area contributed by atoms with Crippen LogP contribution in [0.4, 0.5) is 4.39 Å². The lowest BCUT2D eigenvalue weighted by Crippen LogP contribution is -2.35. The van der Waals surface area contributed by atoms with Crippen LogP contribution in [0.2, 0.25) is 0 Å². The number of amidine groups is 1. The molecule has 0 aliphatic rings. The van der Waals surface area contributed by atoms with Crippen molar-refractivity contribution in [2.75, 3.05) is 20.1 Å². The van der Waals surface area contributed by atoms with E-state index in [4.69, 9.17) is 10.9 Å². The van der Waals surface area contributed by atoms with E-state index in [-0.39, 0.29) is 18.3 Å². The molecule has 1 aromatic carbocycles. The molecule has 1 rings (SSSR count). The van der Waals surface area contributed by atoms with Gasteiger partial charge in [-0.15, -0.1) is 0 Å². The van der Waals surface area contributed by atoms with Gasteiger partial charge in [0.25, 0.3) is 0 Å². The first kappa shape index (κ1) is 15.9. The van der Waals surface area contributed by atoms with Gasteiger partial charge in [-0.05, 0) is 30.7 Å². The Balaban J connectivity index is 2.65. The predicted octanol–water partition coefficient (Wildman–Crippen LogP) is 0.488. The molecule has 0 saturated heterocycles. The summed E-state index contributed by atoms with van der Waals surface area (Å²) in [6.07, 6.45) is 0. The third-order valence-electron chi connectivity index (χ3n) is 2.87. The maximum absolute atomic E-state index is 13.4. The van der Waals surface area contributed by atoms with Gasteiger partial charge in [-0.3, -0.25) is 4.79 Å². The minimum atomic E-state index is -0.483. The van der Waals surface area contributed by atoms with Crippen LogP contribution >= 0.6 is 0 Å². The number of nitrogens with two attached hydrogens (primary N) is 1. The molecule has 0 radical (unpaired) electrons. The number of hydrogen-bond donors (Lipinski definition) is 3. The van der Waals surface area contributed by atoms with E-state index in [1.807, 2.05) is 6.92 Å². The number of nitrogens with one attached hydrogen (secondary N) is 1. The van der Waals surface area contributed by atoms with Crippen LogP contribution in [-0.2, 0) is 11.3 Å². The number of hydrogen-bond acceptors (Lipinski definition) is 4. The maximum Gasteiger partial charge on any atom is 0.236 e. The monoisotopic (exact) mass is 282 g/mol. The topological polar surface area (TPSA) is 91.0 Å². The van der Waals surface area contributed by atoms with Crippen molar-refractivity contribution in [3.05, 3.63) is 35.1 Å². The van der Waals surface area contributed by atoms with Crippen LogP contribution in [0.3, 0.4) is 0 Å². The average Bonchev–Trinajstić information content (AvgIpc) is 2.44. The quantitative estimate of drug-likeness (QED) is 0.306. The Morgan fingerprint density at radius 2 is 2.20 bits per heavy atom. The second-order valence-corrected chi connectivity index (χ2v) is 4.34. The lowest BCUT2D eigenvalue weighted by atomic mass is 10.1. The van der Waals surface area contributed by atoms with Crippen molar-refractivity contribution in [2.45, 2.75) is 13.5 Å². The van der Waals surface area contributed by atoms with Crippen LogP contribution in [0.5, 0.6) is 0 Å². The van der Waals surface area contributed by atoms with E-state index in [9.17, 15) is 9.18 Å². The first-order valence-electron chi connectivity index (χ1n) is 6.20. The minimum Gasteiger partial charge on any atom is -0.409 e. The molecular weight excluding hydrogens is 263 g/mol. The van der Waals surface area contributed by atoms with Crippen LogP contribution in [0.15, 0.2) is 23.4 Å². The minimum absolute atomic E-state index is 0.0411. The zero-order valence-corrected chi connectivity index (χ0v) is 11.6. The Labute approximate surface area is 117 Å².